The first-order valence-electron chi connectivity index (χ1n) is 8.37. The average molecular weight is 297 g/mol. The third-order valence-corrected chi connectivity index (χ3v) is 5.22. The Morgan fingerprint density at radius 2 is 2.14 bits per heavy atom. The van der Waals surface area contributed by atoms with Gasteiger partial charge in [-0.2, -0.15) is 0 Å². The van der Waals surface area contributed by atoms with Crippen LogP contribution in [0.4, 0.5) is 4.79 Å². The van der Waals surface area contributed by atoms with E-state index in [1.807, 2.05) is 4.90 Å². The van der Waals surface area contributed by atoms with Gasteiger partial charge in [0.05, 0.1) is 12.1 Å². The molecule has 4 rings (SSSR count). The Balaban J connectivity index is 1.70. The molecule has 0 radical (unpaired) electrons. The minimum Gasteiger partial charge on any atom is -0.356 e. The van der Waals surface area contributed by atoms with Crippen LogP contribution in [0.15, 0.2) is 24.3 Å². The van der Waals surface area contributed by atoms with Gasteiger partial charge in [0.25, 0.3) is 0 Å². The summed E-state index contributed by atoms with van der Waals surface area (Å²) in [6.45, 7) is 6.10. The zero-order chi connectivity index (χ0) is 15.3. The van der Waals surface area contributed by atoms with Gasteiger partial charge in [-0.15, -0.1) is 0 Å². The van der Waals surface area contributed by atoms with E-state index < -0.39 is 0 Å². The number of aromatic amines is 1. The first-order valence-corrected chi connectivity index (χ1v) is 8.37. The molecule has 2 unspecified atom stereocenters. The molecule has 0 aliphatic carbocycles. The van der Waals surface area contributed by atoms with Crippen LogP contribution in [-0.2, 0) is 6.42 Å². The molecule has 4 heteroatoms. The number of urea groups is 1. The number of nitrogens with one attached hydrogen (secondary N) is 1. The van der Waals surface area contributed by atoms with Crippen LogP contribution in [0.1, 0.15) is 44.0 Å². The third-order valence-electron chi connectivity index (χ3n) is 5.22. The van der Waals surface area contributed by atoms with Crippen molar-refractivity contribution in [1.29, 1.82) is 0 Å². The molecule has 2 aromatic rings. The van der Waals surface area contributed by atoms with Crippen molar-refractivity contribution in [3.8, 4) is 0 Å². The Bertz CT molecular complexity index is 720. The molecule has 1 aromatic carbocycles. The first-order chi connectivity index (χ1) is 10.7. The molecular formula is C18H23N3O. The van der Waals surface area contributed by atoms with Crippen molar-refractivity contribution in [3.05, 3.63) is 35.5 Å². The Hall–Kier alpha value is -1.97. The summed E-state index contributed by atoms with van der Waals surface area (Å²) in [6.07, 6.45) is 3.20. The summed E-state index contributed by atoms with van der Waals surface area (Å²) in [6, 6.07) is 9.16. The Labute approximate surface area is 131 Å². The zero-order valence-electron chi connectivity index (χ0n) is 13.3. The second-order valence-corrected chi connectivity index (χ2v) is 6.59. The molecule has 3 heterocycles. The number of carbonyl (C=O) groups excluding carboxylic acids is 1. The third kappa shape index (κ3) is 1.86. The van der Waals surface area contributed by atoms with Crippen molar-refractivity contribution < 1.29 is 4.79 Å². The van der Waals surface area contributed by atoms with Crippen molar-refractivity contribution in [1.82, 2.24) is 14.8 Å². The summed E-state index contributed by atoms with van der Waals surface area (Å²) < 4.78 is 0. The molecule has 22 heavy (non-hydrogen) atoms. The predicted molar refractivity (Wildman–Crippen MR) is 87.9 cm³/mol. The van der Waals surface area contributed by atoms with Gasteiger partial charge in [0.15, 0.2) is 0 Å². The van der Waals surface area contributed by atoms with E-state index in [-0.39, 0.29) is 12.1 Å². The van der Waals surface area contributed by atoms with Crippen molar-refractivity contribution in [3.63, 3.8) is 0 Å². The number of H-pyrrole nitrogens is 1. The smallest absolute Gasteiger partial charge is 0.320 e. The van der Waals surface area contributed by atoms with Gasteiger partial charge in [-0.1, -0.05) is 31.5 Å². The molecule has 1 aromatic heterocycles. The van der Waals surface area contributed by atoms with Crippen LogP contribution >= 0.6 is 0 Å². The number of hydrogen-bond acceptors (Lipinski definition) is 1. The number of hydrogen-bond donors (Lipinski definition) is 1. The highest BCUT2D eigenvalue weighted by Crippen LogP contribution is 2.39. The summed E-state index contributed by atoms with van der Waals surface area (Å²) in [5.41, 5.74) is 3.83. The minimum absolute atomic E-state index is 0.139. The lowest BCUT2D eigenvalue weighted by molar-refractivity contribution is 0.162. The molecule has 1 saturated heterocycles. The number of benzene rings is 1. The van der Waals surface area contributed by atoms with Gasteiger partial charge in [0, 0.05) is 29.7 Å². The van der Waals surface area contributed by atoms with E-state index in [1.165, 1.54) is 22.2 Å². The predicted octanol–water partition coefficient (Wildman–Crippen LogP) is 3.69. The van der Waals surface area contributed by atoms with Crippen molar-refractivity contribution in [2.75, 3.05) is 13.1 Å². The molecule has 1 fully saturated rings. The number of nitrogens with zero attached hydrogens (tertiary/aromatic N) is 2. The van der Waals surface area contributed by atoms with Gasteiger partial charge >= 0.3 is 6.03 Å². The SMILES string of the molecule is CCCCN1CC2Cc3c([nH]c4ccccc34)C(C)N2C1=O. The van der Waals surface area contributed by atoms with Gasteiger partial charge in [-0.25, -0.2) is 4.79 Å². The Kier molecular flexibility index (Phi) is 3.13. The maximum atomic E-state index is 12.7. The van der Waals surface area contributed by atoms with Crippen LogP contribution in [0.3, 0.4) is 0 Å². The molecule has 4 nitrogen and oxygen atoms in total. The molecule has 2 atom stereocenters. The second kappa shape index (κ2) is 5.04. The molecule has 116 valence electrons. The highest BCUT2D eigenvalue weighted by molar-refractivity contribution is 5.86. The van der Waals surface area contributed by atoms with E-state index in [0.717, 1.165) is 32.4 Å². The lowest BCUT2D eigenvalue weighted by atomic mass is 9.93. The van der Waals surface area contributed by atoms with Crippen LogP contribution in [-0.4, -0.2) is 39.9 Å². The molecule has 1 N–H and O–H groups in total. The maximum Gasteiger partial charge on any atom is 0.320 e. The van der Waals surface area contributed by atoms with E-state index >= 15 is 0 Å². The highest BCUT2D eigenvalue weighted by Gasteiger charge is 2.44. The highest BCUT2D eigenvalue weighted by atomic mass is 16.2. The second-order valence-electron chi connectivity index (χ2n) is 6.59. The maximum absolute atomic E-state index is 12.7. The Morgan fingerprint density at radius 3 is 2.95 bits per heavy atom. The normalized spacial score (nSPS) is 24.0. The first kappa shape index (κ1) is 13.7. The minimum atomic E-state index is 0.139. The van der Waals surface area contributed by atoms with Gasteiger partial charge in [-0.05, 0) is 31.4 Å². The fraction of sp³-hybridized carbons (Fsp3) is 0.500. The van der Waals surface area contributed by atoms with Crippen LogP contribution < -0.4 is 0 Å². The van der Waals surface area contributed by atoms with Crippen molar-refractivity contribution in [2.45, 2.75) is 45.2 Å². The fourth-order valence-electron chi connectivity index (χ4n) is 4.09. The summed E-state index contributed by atoms with van der Waals surface area (Å²) in [5.74, 6) is 0. The summed E-state index contributed by atoms with van der Waals surface area (Å²) in [5, 5.41) is 1.32. The molecule has 0 saturated carbocycles. The number of carbonyl (C=O) groups is 1. The van der Waals surface area contributed by atoms with Gasteiger partial charge < -0.3 is 14.8 Å². The van der Waals surface area contributed by atoms with E-state index in [4.69, 9.17) is 0 Å². The van der Waals surface area contributed by atoms with Crippen molar-refractivity contribution >= 4 is 16.9 Å². The number of unbranched alkanes of at least 4 members (excludes halogenated alkanes) is 1. The number of aromatic nitrogens is 1. The lowest BCUT2D eigenvalue weighted by Crippen LogP contribution is -2.41. The largest absolute Gasteiger partial charge is 0.356 e. The van der Waals surface area contributed by atoms with E-state index in [9.17, 15) is 4.79 Å². The average Bonchev–Trinajstić information content (AvgIpc) is 3.05. The topological polar surface area (TPSA) is 39.3 Å². The van der Waals surface area contributed by atoms with E-state index in [2.05, 4.69) is 48.0 Å². The molecule has 2 aliphatic heterocycles. The number of para-hydroxylation sites is 1. The molecule has 2 amide bonds. The number of fused-ring (bicyclic) bond motifs is 4. The molecule has 2 aliphatic rings. The molecule has 0 bridgehead atoms. The van der Waals surface area contributed by atoms with Crippen LogP contribution in [0, 0.1) is 0 Å². The molecule has 0 spiro atoms. The zero-order valence-corrected chi connectivity index (χ0v) is 13.3. The molecular weight excluding hydrogens is 274 g/mol. The van der Waals surface area contributed by atoms with Crippen LogP contribution in [0.25, 0.3) is 10.9 Å². The summed E-state index contributed by atoms with van der Waals surface area (Å²) in [7, 11) is 0. The van der Waals surface area contributed by atoms with Gasteiger partial charge in [0.2, 0.25) is 0 Å². The van der Waals surface area contributed by atoms with E-state index in [0.29, 0.717) is 6.04 Å². The quantitative estimate of drug-likeness (QED) is 0.922. The van der Waals surface area contributed by atoms with Gasteiger partial charge in [-0.3, -0.25) is 0 Å². The van der Waals surface area contributed by atoms with Gasteiger partial charge in [0.1, 0.15) is 0 Å². The Morgan fingerprint density at radius 1 is 1.32 bits per heavy atom. The summed E-state index contributed by atoms with van der Waals surface area (Å²) >= 11 is 0. The summed E-state index contributed by atoms with van der Waals surface area (Å²) in [4.78, 5) is 20.4. The monoisotopic (exact) mass is 297 g/mol. The van der Waals surface area contributed by atoms with Crippen molar-refractivity contribution in [2.24, 2.45) is 0 Å². The number of amides is 2. The number of rotatable bonds is 3. The van der Waals surface area contributed by atoms with Crippen LogP contribution in [0.2, 0.25) is 0 Å². The lowest BCUT2D eigenvalue weighted by Gasteiger charge is -2.34. The fourth-order valence-corrected chi connectivity index (χ4v) is 4.09. The van der Waals surface area contributed by atoms with E-state index in [1.54, 1.807) is 0 Å². The van der Waals surface area contributed by atoms with Crippen LogP contribution in [0.5, 0.6) is 0 Å². The standard InChI is InChI=1S/C18H23N3O/c1-3-4-9-20-11-13-10-15-14-7-5-6-8-16(14)19-17(15)12(2)21(13)18(20)22/h5-8,12-13,19H,3-4,9-11H2,1-2H3.